The lowest BCUT2D eigenvalue weighted by Crippen LogP contribution is -2.67. The van der Waals surface area contributed by atoms with E-state index in [-0.39, 0.29) is 11.4 Å². The summed E-state index contributed by atoms with van der Waals surface area (Å²) < 4.78 is 0. The van der Waals surface area contributed by atoms with E-state index in [9.17, 15) is 4.79 Å². The molecule has 98 valence electrons. The highest BCUT2D eigenvalue weighted by atomic mass is 16.2. The zero-order chi connectivity index (χ0) is 13.3. The van der Waals surface area contributed by atoms with Gasteiger partial charge in [0.1, 0.15) is 5.82 Å². The van der Waals surface area contributed by atoms with Crippen LogP contribution in [0.5, 0.6) is 0 Å². The van der Waals surface area contributed by atoms with E-state index in [1.807, 2.05) is 12.1 Å². The van der Waals surface area contributed by atoms with Crippen LogP contribution in [0.1, 0.15) is 23.7 Å². The molecule has 1 fully saturated rings. The van der Waals surface area contributed by atoms with Crippen LogP contribution in [0.2, 0.25) is 0 Å². The molecule has 18 heavy (non-hydrogen) atoms. The van der Waals surface area contributed by atoms with Gasteiger partial charge in [0.15, 0.2) is 0 Å². The van der Waals surface area contributed by atoms with Gasteiger partial charge in [0.2, 0.25) is 0 Å². The number of aromatic nitrogens is 1. The lowest BCUT2D eigenvalue weighted by atomic mass is 9.88. The van der Waals surface area contributed by atoms with Crippen LogP contribution in [0.15, 0.2) is 18.3 Å². The van der Waals surface area contributed by atoms with Crippen molar-refractivity contribution in [2.45, 2.75) is 18.9 Å². The summed E-state index contributed by atoms with van der Waals surface area (Å²) in [4.78, 5) is 19.7. The molecule has 0 atom stereocenters. The van der Waals surface area contributed by atoms with Crippen LogP contribution in [0.3, 0.4) is 0 Å². The Morgan fingerprint density at radius 1 is 1.50 bits per heavy atom. The molecular weight excluding hydrogens is 228 g/mol. The van der Waals surface area contributed by atoms with Gasteiger partial charge in [-0.15, -0.1) is 0 Å². The van der Waals surface area contributed by atoms with Gasteiger partial charge in [0.25, 0.3) is 5.91 Å². The molecule has 1 aliphatic rings. The Kier molecular flexibility index (Phi) is 3.26. The van der Waals surface area contributed by atoms with Crippen molar-refractivity contribution in [2.75, 3.05) is 32.1 Å². The lowest BCUT2D eigenvalue weighted by molar-refractivity contribution is 0.0827. The smallest absolute Gasteiger partial charge is 0.254 e. The third-order valence-corrected chi connectivity index (χ3v) is 3.44. The first-order valence-corrected chi connectivity index (χ1v) is 6.17. The zero-order valence-corrected chi connectivity index (χ0v) is 11.2. The standard InChI is InChI=1S/C13H20N4O/c1-4-13(14)8-17(9-13)11-6-5-10(7-15-11)12(18)16(2)3/h5-7H,4,8-9,14H2,1-3H3. The van der Waals surface area contributed by atoms with E-state index in [1.165, 1.54) is 0 Å². The minimum absolute atomic E-state index is 0.0283. The average Bonchev–Trinajstić information content (AvgIpc) is 2.34. The van der Waals surface area contributed by atoms with Gasteiger partial charge in [0, 0.05) is 33.4 Å². The Hall–Kier alpha value is -1.62. The van der Waals surface area contributed by atoms with Gasteiger partial charge in [-0.2, -0.15) is 0 Å². The number of hydrogen-bond donors (Lipinski definition) is 1. The van der Waals surface area contributed by atoms with E-state index in [2.05, 4.69) is 16.8 Å². The third kappa shape index (κ3) is 2.31. The number of nitrogens with zero attached hydrogens (tertiary/aromatic N) is 3. The second kappa shape index (κ2) is 4.57. The Balaban J connectivity index is 2.04. The van der Waals surface area contributed by atoms with Crippen molar-refractivity contribution < 1.29 is 4.79 Å². The SMILES string of the molecule is CCC1(N)CN(c2ccc(C(=O)N(C)C)cn2)C1. The van der Waals surface area contributed by atoms with E-state index in [4.69, 9.17) is 5.73 Å². The first-order valence-electron chi connectivity index (χ1n) is 6.17. The molecule has 0 bridgehead atoms. The lowest BCUT2D eigenvalue weighted by Gasteiger charge is -2.48. The van der Waals surface area contributed by atoms with Gasteiger partial charge < -0.3 is 15.5 Å². The Morgan fingerprint density at radius 2 is 2.17 bits per heavy atom. The number of carbonyl (C=O) groups excluding carboxylic acids is 1. The highest BCUT2D eigenvalue weighted by Gasteiger charge is 2.38. The van der Waals surface area contributed by atoms with Crippen molar-refractivity contribution in [1.29, 1.82) is 0 Å². The van der Waals surface area contributed by atoms with Crippen molar-refractivity contribution in [3.05, 3.63) is 23.9 Å². The van der Waals surface area contributed by atoms with Crippen LogP contribution in [0.4, 0.5) is 5.82 Å². The maximum atomic E-state index is 11.7. The molecule has 1 aliphatic heterocycles. The molecule has 0 aromatic carbocycles. The maximum absolute atomic E-state index is 11.7. The molecular formula is C13H20N4O. The highest BCUT2D eigenvalue weighted by Crippen LogP contribution is 2.26. The Bertz CT molecular complexity index is 435. The van der Waals surface area contributed by atoms with Crippen molar-refractivity contribution in [3.8, 4) is 0 Å². The van der Waals surface area contributed by atoms with Gasteiger partial charge in [-0.1, -0.05) is 6.92 Å². The number of amides is 1. The maximum Gasteiger partial charge on any atom is 0.254 e. The van der Waals surface area contributed by atoms with Crippen molar-refractivity contribution >= 4 is 11.7 Å². The fraction of sp³-hybridized carbons (Fsp3) is 0.538. The summed E-state index contributed by atoms with van der Waals surface area (Å²) >= 11 is 0. The normalized spacial score (nSPS) is 17.2. The summed E-state index contributed by atoms with van der Waals surface area (Å²) in [6, 6.07) is 3.69. The van der Waals surface area contributed by atoms with Gasteiger partial charge in [0.05, 0.1) is 11.1 Å². The fourth-order valence-corrected chi connectivity index (χ4v) is 2.06. The molecule has 1 amide bonds. The van der Waals surface area contributed by atoms with Gasteiger partial charge in [-0.25, -0.2) is 4.98 Å². The second-order valence-corrected chi connectivity index (χ2v) is 5.18. The molecule has 2 N–H and O–H groups in total. The predicted molar refractivity (Wildman–Crippen MR) is 71.7 cm³/mol. The highest BCUT2D eigenvalue weighted by molar-refractivity contribution is 5.93. The Morgan fingerprint density at radius 3 is 2.61 bits per heavy atom. The van der Waals surface area contributed by atoms with Crippen LogP contribution < -0.4 is 10.6 Å². The molecule has 1 aromatic rings. The number of nitrogens with two attached hydrogens (primary N) is 1. The molecule has 1 aromatic heterocycles. The molecule has 5 heteroatoms. The third-order valence-electron chi connectivity index (χ3n) is 3.44. The van der Waals surface area contributed by atoms with Crippen LogP contribution in [-0.2, 0) is 0 Å². The summed E-state index contributed by atoms with van der Waals surface area (Å²) in [7, 11) is 3.46. The van der Waals surface area contributed by atoms with Gasteiger partial charge in [-0.3, -0.25) is 4.79 Å². The average molecular weight is 248 g/mol. The minimum Gasteiger partial charge on any atom is -0.353 e. The van der Waals surface area contributed by atoms with Gasteiger partial charge >= 0.3 is 0 Å². The molecule has 0 saturated carbocycles. The van der Waals surface area contributed by atoms with E-state index in [1.54, 1.807) is 25.2 Å². The van der Waals surface area contributed by atoms with Crippen LogP contribution in [-0.4, -0.2) is 48.5 Å². The van der Waals surface area contributed by atoms with E-state index < -0.39 is 0 Å². The summed E-state index contributed by atoms with van der Waals surface area (Å²) in [5, 5.41) is 0. The Labute approximate surface area is 108 Å². The predicted octanol–water partition coefficient (Wildman–Crippen LogP) is 0.711. The molecule has 0 unspecified atom stereocenters. The van der Waals surface area contributed by atoms with Crippen molar-refractivity contribution in [3.63, 3.8) is 0 Å². The topological polar surface area (TPSA) is 62.5 Å². The fourth-order valence-electron chi connectivity index (χ4n) is 2.06. The number of anilines is 1. The number of pyridine rings is 1. The summed E-state index contributed by atoms with van der Waals surface area (Å²) in [6.07, 6.45) is 2.60. The quantitative estimate of drug-likeness (QED) is 0.855. The largest absolute Gasteiger partial charge is 0.353 e. The molecule has 1 saturated heterocycles. The van der Waals surface area contributed by atoms with Crippen LogP contribution >= 0.6 is 0 Å². The monoisotopic (exact) mass is 248 g/mol. The first-order chi connectivity index (χ1) is 8.45. The van der Waals surface area contributed by atoms with Crippen LogP contribution in [0.25, 0.3) is 0 Å². The number of rotatable bonds is 3. The van der Waals surface area contributed by atoms with Crippen molar-refractivity contribution in [2.24, 2.45) is 5.73 Å². The minimum atomic E-state index is -0.0696. The zero-order valence-electron chi connectivity index (χ0n) is 11.2. The van der Waals surface area contributed by atoms with Crippen molar-refractivity contribution in [1.82, 2.24) is 9.88 Å². The van der Waals surface area contributed by atoms with Gasteiger partial charge in [-0.05, 0) is 18.6 Å². The molecule has 0 spiro atoms. The second-order valence-electron chi connectivity index (χ2n) is 5.18. The molecule has 0 aliphatic carbocycles. The first kappa shape index (κ1) is 12.8. The summed E-state index contributed by atoms with van der Waals surface area (Å²) in [6.45, 7) is 3.76. The van der Waals surface area contributed by atoms with E-state index >= 15 is 0 Å². The number of hydrogen-bond acceptors (Lipinski definition) is 4. The summed E-state index contributed by atoms with van der Waals surface area (Å²) in [5.74, 6) is 0.860. The van der Waals surface area contributed by atoms with E-state index in [0.717, 1.165) is 25.3 Å². The molecule has 2 rings (SSSR count). The van der Waals surface area contributed by atoms with Crippen LogP contribution in [0, 0.1) is 0 Å². The number of carbonyl (C=O) groups is 1. The molecule has 2 heterocycles. The van der Waals surface area contributed by atoms with E-state index in [0.29, 0.717) is 5.56 Å². The summed E-state index contributed by atoms with van der Waals surface area (Å²) in [5.41, 5.74) is 6.66. The molecule has 0 radical (unpaired) electrons. The molecule has 5 nitrogen and oxygen atoms in total.